The lowest BCUT2D eigenvalue weighted by atomic mass is 9.73. The Balaban J connectivity index is 2.26. The van der Waals surface area contributed by atoms with Crippen LogP contribution < -0.4 is 11.1 Å². The molecule has 1 aromatic rings. The third kappa shape index (κ3) is 12.2. The van der Waals surface area contributed by atoms with Crippen molar-refractivity contribution < 1.29 is 14.3 Å². The Morgan fingerprint density at radius 3 is 2.34 bits per heavy atom. The van der Waals surface area contributed by atoms with Gasteiger partial charge in [0.05, 0.1) is 0 Å². The van der Waals surface area contributed by atoms with Gasteiger partial charge in [-0.25, -0.2) is 0 Å². The highest BCUT2D eigenvalue weighted by atomic mass is 33.1. The Morgan fingerprint density at radius 1 is 1.10 bits per heavy atom. The van der Waals surface area contributed by atoms with Crippen molar-refractivity contribution >= 4 is 33.5 Å². The number of carbonyl (C=O) groups is 2. The maximum absolute atomic E-state index is 12.2. The van der Waals surface area contributed by atoms with Crippen LogP contribution in [0.4, 0.5) is 0 Å². The van der Waals surface area contributed by atoms with Crippen LogP contribution in [0.2, 0.25) is 0 Å². The summed E-state index contributed by atoms with van der Waals surface area (Å²) in [7, 11) is 3.31. The molecular weight excluding hydrogens is 404 g/mol. The Hall–Kier alpha value is -1.18. The summed E-state index contributed by atoms with van der Waals surface area (Å²) in [5.74, 6) is 0.574. The number of benzene rings is 1. The zero-order valence-corrected chi connectivity index (χ0v) is 20.0. The van der Waals surface area contributed by atoms with Gasteiger partial charge in [0.15, 0.2) is 0 Å². The molecule has 3 N–H and O–H groups in total. The van der Waals surface area contributed by atoms with Crippen LogP contribution in [0.25, 0.3) is 0 Å². The van der Waals surface area contributed by atoms with Gasteiger partial charge in [0.2, 0.25) is 5.91 Å². The van der Waals surface area contributed by atoms with E-state index in [1.165, 1.54) is 6.92 Å². The SMILES string of the molecule is CC(=O)OCc1ccc(SSCCC(=O)NCC(C)(C)CC(C)(C)CCN)cc1. The van der Waals surface area contributed by atoms with Gasteiger partial charge < -0.3 is 15.8 Å². The maximum atomic E-state index is 12.2. The summed E-state index contributed by atoms with van der Waals surface area (Å²) in [6.07, 6.45) is 2.52. The predicted octanol–water partition coefficient (Wildman–Crippen LogP) is 4.79. The van der Waals surface area contributed by atoms with Crippen molar-refractivity contribution in [3.8, 4) is 0 Å². The first kappa shape index (κ1) is 25.9. The number of carbonyl (C=O) groups excluding carboxylic acids is 2. The van der Waals surface area contributed by atoms with Crippen LogP contribution in [0.3, 0.4) is 0 Å². The first-order valence-electron chi connectivity index (χ1n) is 10.0. The second kappa shape index (κ2) is 12.5. The second-order valence-electron chi connectivity index (χ2n) is 8.90. The van der Waals surface area contributed by atoms with E-state index >= 15 is 0 Å². The zero-order valence-electron chi connectivity index (χ0n) is 18.4. The quantitative estimate of drug-likeness (QED) is 0.261. The molecule has 29 heavy (non-hydrogen) atoms. The molecule has 0 aliphatic carbocycles. The van der Waals surface area contributed by atoms with Gasteiger partial charge in [-0.3, -0.25) is 9.59 Å². The van der Waals surface area contributed by atoms with Crippen LogP contribution in [-0.4, -0.2) is 30.7 Å². The number of hydrogen-bond donors (Lipinski definition) is 2. The Morgan fingerprint density at radius 2 is 1.76 bits per heavy atom. The molecule has 0 saturated carbocycles. The topological polar surface area (TPSA) is 81.4 Å². The van der Waals surface area contributed by atoms with E-state index in [0.717, 1.165) is 29.1 Å². The first-order valence-corrected chi connectivity index (χ1v) is 12.3. The summed E-state index contributed by atoms with van der Waals surface area (Å²) < 4.78 is 4.98. The molecular formula is C22H36N2O3S2. The van der Waals surface area contributed by atoms with Gasteiger partial charge in [-0.1, -0.05) is 61.4 Å². The molecule has 0 bridgehead atoms. The predicted molar refractivity (Wildman–Crippen MR) is 124 cm³/mol. The molecule has 1 amide bonds. The van der Waals surface area contributed by atoms with Crippen molar-refractivity contribution in [3.63, 3.8) is 0 Å². The van der Waals surface area contributed by atoms with Gasteiger partial charge in [-0.2, -0.15) is 0 Å². The largest absolute Gasteiger partial charge is 0.461 e. The fourth-order valence-corrected chi connectivity index (χ4v) is 5.31. The third-order valence-corrected chi connectivity index (χ3v) is 6.86. The summed E-state index contributed by atoms with van der Waals surface area (Å²) in [5, 5.41) is 3.08. The van der Waals surface area contributed by atoms with E-state index in [4.69, 9.17) is 10.5 Å². The van der Waals surface area contributed by atoms with Crippen LogP contribution >= 0.6 is 21.6 Å². The molecule has 0 spiro atoms. The monoisotopic (exact) mass is 440 g/mol. The molecule has 5 nitrogen and oxygen atoms in total. The number of amides is 1. The minimum absolute atomic E-state index is 0.0457. The Bertz CT molecular complexity index is 646. The van der Waals surface area contributed by atoms with E-state index in [-0.39, 0.29) is 22.7 Å². The van der Waals surface area contributed by atoms with Gasteiger partial charge >= 0.3 is 5.97 Å². The van der Waals surface area contributed by atoms with E-state index in [2.05, 4.69) is 33.0 Å². The highest BCUT2D eigenvalue weighted by Crippen LogP contribution is 2.35. The number of hydrogen-bond acceptors (Lipinski definition) is 6. The zero-order chi connectivity index (χ0) is 21.9. The lowest BCUT2D eigenvalue weighted by Crippen LogP contribution is -2.37. The molecule has 0 heterocycles. The number of nitrogens with two attached hydrogens (primary N) is 1. The normalized spacial score (nSPS) is 11.9. The molecule has 0 unspecified atom stereocenters. The van der Waals surface area contributed by atoms with E-state index in [1.54, 1.807) is 21.6 Å². The first-order chi connectivity index (χ1) is 13.5. The van der Waals surface area contributed by atoms with Crippen LogP contribution in [-0.2, 0) is 20.9 Å². The molecule has 0 radical (unpaired) electrons. The fraction of sp³-hybridized carbons (Fsp3) is 0.636. The summed E-state index contributed by atoms with van der Waals surface area (Å²) in [4.78, 5) is 24.1. The van der Waals surface area contributed by atoms with Gasteiger partial charge in [0, 0.05) is 30.5 Å². The number of ether oxygens (including phenoxy) is 1. The molecule has 0 aliphatic rings. The lowest BCUT2D eigenvalue weighted by Gasteiger charge is -2.35. The average Bonchev–Trinajstić information content (AvgIpc) is 2.62. The van der Waals surface area contributed by atoms with Crippen LogP contribution in [0.1, 0.15) is 59.4 Å². The van der Waals surface area contributed by atoms with Crippen molar-refractivity contribution in [1.82, 2.24) is 5.32 Å². The summed E-state index contributed by atoms with van der Waals surface area (Å²) >= 11 is 0. The standard InChI is InChI=1S/C22H36N2O3S2/c1-17(25)27-14-18-6-8-19(9-7-18)29-28-13-10-20(26)24-16-22(4,5)15-21(2,3)11-12-23/h6-9H,10-16,23H2,1-5H3,(H,24,26). The molecule has 0 aromatic heterocycles. The van der Waals surface area contributed by atoms with Gasteiger partial charge in [0.1, 0.15) is 6.61 Å². The van der Waals surface area contributed by atoms with Gasteiger partial charge in [0.25, 0.3) is 0 Å². The highest BCUT2D eigenvalue weighted by Gasteiger charge is 2.28. The molecule has 0 fully saturated rings. The second-order valence-corrected chi connectivity index (χ2v) is 11.4. The number of nitrogens with one attached hydrogen (secondary N) is 1. The van der Waals surface area contributed by atoms with Crippen molar-refractivity contribution in [2.24, 2.45) is 16.6 Å². The summed E-state index contributed by atoms with van der Waals surface area (Å²) in [6.45, 7) is 11.9. The number of esters is 1. The smallest absolute Gasteiger partial charge is 0.302 e. The van der Waals surface area contributed by atoms with Crippen molar-refractivity contribution in [2.75, 3.05) is 18.8 Å². The summed E-state index contributed by atoms with van der Waals surface area (Å²) in [6, 6.07) is 7.91. The van der Waals surface area contributed by atoms with E-state index < -0.39 is 0 Å². The van der Waals surface area contributed by atoms with E-state index in [9.17, 15) is 9.59 Å². The number of rotatable bonds is 13. The molecule has 7 heteroatoms. The summed E-state index contributed by atoms with van der Waals surface area (Å²) in [5.41, 5.74) is 6.90. The van der Waals surface area contributed by atoms with Gasteiger partial charge in [-0.05, 0) is 47.9 Å². The molecule has 0 saturated heterocycles. The third-order valence-electron chi connectivity index (χ3n) is 4.48. The molecule has 164 valence electrons. The van der Waals surface area contributed by atoms with E-state index in [1.807, 2.05) is 24.3 Å². The Kier molecular flexibility index (Phi) is 11.1. The van der Waals surface area contributed by atoms with E-state index in [0.29, 0.717) is 26.1 Å². The molecule has 0 atom stereocenters. The lowest BCUT2D eigenvalue weighted by molar-refractivity contribution is -0.142. The fourth-order valence-electron chi connectivity index (χ4n) is 3.33. The van der Waals surface area contributed by atoms with Crippen molar-refractivity contribution in [1.29, 1.82) is 0 Å². The average molecular weight is 441 g/mol. The van der Waals surface area contributed by atoms with Crippen LogP contribution in [0.15, 0.2) is 29.2 Å². The maximum Gasteiger partial charge on any atom is 0.302 e. The minimum Gasteiger partial charge on any atom is -0.461 e. The van der Waals surface area contributed by atoms with Crippen LogP contribution in [0.5, 0.6) is 0 Å². The van der Waals surface area contributed by atoms with Crippen molar-refractivity contribution in [3.05, 3.63) is 29.8 Å². The Labute approximate surface area is 183 Å². The molecule has 1 aromatic carbocycles. The molecule has 1 rings (SSSR count). The molecule has 0 aliphatic heterocycles. The highest BCUT2D eigenvalue weighted by molar-refractivity contribution is 8.76. The van der Waals surface area contributed by atoms with Crippen molar-refractivity contribution in [2.45, 2.75) is 65.4 Å². The van der Waals surface area contributed by atoms with Crippen LogP contribution in [0, 0.1) is 10.8 Å². The minimum atomic E-state index is -0.278. The van der Waals surface area contributed by atoms with Gasteiger partial charge in [-0.15, -0.1) is 0 Å².